The largest absolute Gasteiger partial charge is 0.369 e. The second-order valence-corrected chi connectivity index (χ2v) is 5.01. The highest BCUT2D eigenvalue weighted by Crippen LogP contribution is 2.17. The number of H-pyrrole nitrogens is 1. The monoisotopic (exact) mass is 310 g/mol. The molecule has 0 bridgehead atoms. The van der Waals surface area contributed by atoms with Gasteiger partial charge in [-0.1, -0.05) is 13.8 Å². The molecule has 2 rings (SSSR count). The summed E-state index contributed by atoms with van der Waals surface area (Å²) in [5.74, 6) is 2.81. The van der Waals surface area contributed by atoms with E-state index in [1.165, 1.54) is 6.33 Å². The molecule has 0 saturated heterocycles. The molecule has 0 aliphatic rings. The van der Waals surface area contributed by atoms with Crippen molar-refractivity contribution in [3.63, 3.8) is 0 Å². The van der Waals surface area contributed by atoms with Gasteiger partial charge in [-0.3, -0.25) is 5.10 Å². The number of nitrogens with zero attached hydrogens (tertiary/aromatic N) is 4. The van der Waals surface area contributed by atoms with E-state index in [2.05, 4.69) is 60.2 Å². The highest BCUT2D eigenvalue weighted by Gasteiger charge is 2.06. The normalized spacial score (nSPS) is 10.9. The molecule has 0 aromatic carbocycles. The quantitative estimate of drug-likeness (QED) is 0.827. The van der Waals surface area contributed by atoms with Crippen LogP contribution < -0.4 is 5.32 Å². The van der Waals surface area contributed by atoms with Crippen molar-refractivity contribution in [3.8, 4) is 0 Å². The molecule has 2 aromatic heterocycles. The van der Waals surface area contributed by atoms with E-state index >= 15 is 0 Å². The van der Waals surface area contributed by atoms with Gasteiger partial charge >= 0.3 is 0 Å². The summed E-state index contributed by atoms with van der Waals surface area (Å²) in [5, 5.41) is 9.87. The van der Waals surface area contributed by atoms with Crippen molar-refractivity contribution in [1.29, 1.82) is 0 Å². The topological polar surface area (TPSA) is 79.4 Å². The van der Waals surface area contributed by atoms with Crippen LogP contribution in [0.4, 0.5) is 5.82 Å². The lowest BCUT2D eigenvalue weighted by Gasteiger charge is -2.09. The summed E-state index contributed by atoms with van der Waals surface area (Å²) in [6, 6.07) is 1.87. The molecule has 2 heterocycles. The SMILES string of the molecule is CC(C)c1nc(Br)cc(NCCc2ncn[nH]2)n1. The third-order valence-electron chi connectivity index (χ3n) is 2.36. The van der Waals surface area contributed by atoms with Crippen molar-refractivity contribution in [1.82, 2.24) is 25.1 Å². The van der Waals surface area contributed by atoms with Crippen molar-refractivity contribution in [2.75, 3.05) is 11.9 Å². The molecule has 2 aromatic rings. The number of rotatable bonds is 5. The highest BCUT2D eigenvalue weighted by atomic mass is 79.9. The molecule has 0 saturated carbocycles. The summed E-state index contributed by atoms with van der Waals surface area (Å²) in [7, 11) is 0. The van der Waals surface area contributed by atoms with Crippen LogP contribution in [0.2, 0.25) is 0 Å². The summed E-state index contributed by atoms with van der Waals surface area (Å²) in [4.78, 5) is 12.8. The zero-order valence-corrected chi connectivity index (χ0v) is 11.9. The molecule has 0 spiro atoms. The smallest absolute Gasteiger partial charge is 0.137 e. The maximum Gasteiger partial charge on any atom is 0.137 e. The molecule has 0 unspecified atom stereocenters. The number of nitrogens with one attached hydrogen (secondary N) is 2. The molecule has 0 atom stereocenters. The summed E-state index contributed by atoms with van der Waals surface area (Å²) >= 11 is 3.39. The summed E-state index contributed by atoms with van der Waals surface area (Å²) < 4.78 is 0.795. The molecular formula is C11H15BrN6. The van der Waals surface area contributed by atoms with Crippen LogP contribution in [0.15, 0.2) is 17.0 Å². The lowest BCUT2D eigenvalue weighted by molar-refractivity contribution is 0.768. The molecule has 96 valence electrons. The number of aromatic nitrogens is 5. The minimum atomic E-state index is 0.303. The Bertz CT molecular complexity index is 496. The van der Waals surface area contributed by atoms with Gasteiger partial charge in [0.15, 0.2) is 0 Å². The predicted molar refractivity (Wildman–Crippen MR) is 72.4 cm³/mol. The van der Waals surface area contributed by atoms with Gasteiger partial charge in [0, 0.05) is 24.9 Å². The van der Waals surface area contributed by atoms with Crippen LogP contribution in [0.1, 0.15) is 31.4 Å². The third kappa shape index (κ3) is 3.49. The lowest BCUT2D eigenvalue weighted by Crippen LogP contribution is -2.09. The van der Waals surface area contributed by atoms with E-state index in [4.69, 9.17) is 0 Å². The van der Waals surface area contributed by atoms with E-state index in [1.807, 2.05) is 6.07 Å². The van der Waals surface area contributed by atoms with Crippen LogP contribution in [0, 0.1) is 0 Å². The van der Waals surface area contributed by atoms with E-state index in [0.29, 0.717) is 5.92 Å². The molecule has 0 aliphatic carbocycles. The van der Waals surface area contributed by atoms with Gasteiger partial charge in [0.25, 0.3) is 0 Å². The number of hydrogen-bond donors (Lipinski definition) is 2. The van der Waals surface area contributed by atoms with Crippen molar-refractivity contribution in [3.05, 3.63) is 28.6 Å². The van der Waals surface area contributed by atoms with Crippen LogP contribution in [-0.2, 0) is 6.42 Å². The molecule has 0 aliphatic heterocycles. The number of halogens is 1. The second kappa shape index (κ2) is 5.90. The second-order valence-electron chi connectivity index (χ2n) is 4.20. The van der Waals surface area contributed by atoms with Crippen LogP contribution in [0.3, 0.4) is 0 Å². The summed E-state index contributed by atoms with van der Waals surface area (Å²) in [6.07, 6.45) is 2.28. The van der Waals surface area contributed by atoms with Gasteiger partial charge in [-0.2, -0.15) is 5.10 Å². The Balaban J connectivity index is 1.96. The van der Waals surface area contributed by atoms with Crippen molar-refractivity contribution >= 4 is 21.7 Å². The van der Waals surface area contributed by atoms with E-state index in [1.54, 1.807) is 0 Å². The molecule has 2 N–H and O–H groups in total. The minimum absolute atomic E-state index is 0.303. The fourth-order valence-corrected chi connectivity index (χ4v) is 1.84. The average molecular weight is 311 g/mol. The molecule has 18 heavy (non-hydrogen) atoms. The molecule has 0 fully saturated rings. The van der Waals surface area contributed by atoms with Gasteiger partial charge in [-0.05, 0) is 15.9 Å². The maximum absolute atomic E-state index is 4.45. The molecule has 7 heteroatoms. The van der Waals surface area contributed by atoms with Crippen molar-refractivity contribution in [2.45, 2.75) is 26.2 Å². The first-order valence-electron chi connectivity index (χ1n) is 5.77. The number of aromatic amines is 1. The van der Waals surface area contributed by atoms with E-state index in [0.717, 1.165) is 35.0 Å². The van der Waals surface area contributed by atoms with Crippen LogP contribution in [0.5, 0.6) is 0 Å². The molecule has 6 nitrogen and oxygen atoms in total. The third-order valence-corrected chi connectivity index (χ3v) is 2.77. The van der Waals surface area contributed by atoms with Gasteiger partial charge in [-0.15, -0.1) is 0 Å². The molecular weight excluding hydrogens is 296 g/mol. The van der Waals surface area contributed by atoms with Gasteiger partial charge in [0.1, 0.15) is 28.4 Å². The Morgan fingerprint density at radius 1 is 1.39 bits per heavy atom. The first-order chi connectivity index (χ1) is 8.65. The zero-order valence-electron chi connectivity index (χ0n) is 10.3. The van der Waals surface area contributed by atoms with Crippen molar-refractivity contribution < 1.29 is 0 Å². The zero-order chi connectivity index (χ0) is 13.0. The number of hydrogen-bond acceptors (Lipinski definition) is 5. The fraction of sp³-hybridized carbons (Fsp3) is 0.455. The summed E-state index contributed by atoms with van der Waals surface area (Å²) in [5.41, 5.74) is 0. The highest BCUT2D eigenvalue weighted by molar-refractivity contribution is 9.10. The Kier molecular flexibility index (Phi) is 4.24. The Morgan fingerprint density at radius 2 is 2.22 bits per heavy atom. The average Bonchev–Trinajstić information content (AvgIpc) is 2.81. The predicted octanol–water partition coefficient (Wildman–Crippen LogP) is 2.14. The standard InChI is InChI=1S/C11H15BrN6/c1-7(2)11-16-8(12)5-10(17-11)13-4-3-9-14-6-15-18-9/h5-7H,3-4H2,1-2H3,(H,13,16,17)(H,14,15,18). The van der Waals surface area contributed by atoms with Gasteiger partial charge in [-0.25, -0.2) is 15.0 Å². The molecule has 0 radical (unpaired) electrons. The van der Waals surface area contributed by atoms with Gasteiger partial charge < -0.3 is 5.32 Å². The van der Waals surface area contributed by atoms with E-state index in [-0.39, 0.29) is 0 Å². The van der Waals surface area contributed by atoms with Crippen LogP contribution >= 0.6 is 15.9 Å². The Morgan fingerprint density at radius 3 is 2.89 bits per heavy atom. The van der Waals surface area contributed by atoms with E-state index in [9.17, 15) is 0 Å². The van der Waals surface area contributed by atoms with Crippen LogP contribution in [0.25, 0.3) is 0 Å². The number of anilines is 1. The Hall–Kier alpha value is -1.50. The first-order valence-corrected chi connectivity index (χ1v) is 6.57. The lowest BCUT2D eigenvalue weighted by atomic mass is 10.2. The maximum atomic E-state index is 4.45. The Labute approximate surface area is 114 Å². The van der Waals surface area contributed by atoms with Crippen LogP contribution in [-0.4, -0.2) is 31.7 Å². The molecule has 0 amide bonds. The van der Waals surface area contributed by atoms with Gasteiger partial charge in [0.2, 0.25) is 0 Å². The van der Waals surface area contributed by atoms with Gasteiger partial charge in [0.05, 0.1) is 0 Å². The van der Waals surface area contributed by atoms with Crippen molar-refractivity contribution in [2.24, 2.45) is 0 Å². The minimum Gasteiger partial charge on any atom is -0.369 e. The van der Waals surface area contributed by atoms with E-state index < -0.39 is 0 Å². The first kappa shape index (κ1) is 12.9. The fourth-order valence-electron chi connectivity index (χ4n) is 1.44. The summed E-state index contributed by atoms with van der Waals surface area (Å²) in [6.45, 7) is 4.89.